The van der Waals surface area contributed by atoms with Gasteiger partial charge in [-0.3, -0.25) is 0 Å². The zero-order valence-electron chi connectivity index (χ0n) is 10.2. The van der Waals surface area contributed by atoms with Gasteiger partial charge in [0, 0.05) is 6.07 Å². The smallest absolute Gasteiger partial charge is 0.211 e. The highest BCUT2D eigenvalue weighted by atomic mass is 32.1. The fraction of sp³-hybridized carbons (Fsp3) is 0.400. The van der Waals surface area contributed by atoms with Crippen molar-refractivity contribution in [2.24, 2.45) is 0 Å². The van der Waals surface area contributed by atoms with Crippen LogP contribution in [0.2, 0.25) is 0 Å². The van der Waals surface area contributed by atoms with Crippen molar-refractivity contribution in [3.8, 4) is 10.6 Å². The average Bonchev–Trinajstić information content (AvgIpc) is 2.91. The zero-order chi connectivity index (χ0) is 11.7. The van der Waals surface area contributed by atoms with Crippen LogP contribution in [0.1, 0.15) is 36.7 Å². The van der Waals surface area contributed by atoms with Crippen molar-refractivity contribution in [1.29, 1.82) is 0 Å². The fourth-order valence-electron chi connectivity index (χ4n) is 2.61. The van der Waals surface area contributed by atoms with Crippen molar-refractivity contribution in [3.63, 3.8) is 0 Å². The molecule has 1 aliphatic carbocycles. The lowest BCUT2D eigenvalue weighted by Crippen LogP contribution is -2.06. The molecular weight excluding hydrogens is 228 g/mol. The maximum absolute atomic E-state index is 6.08. The Balaban J connectivity index is 2.12. The lowest BCUT2D eigenvalue weighted by Gasteiger charge is -2.13. The molecule has 0 unspecified atom stereocenters. The van der Waals surface area contributed by atoms with E-state index in [-0.39, 0.29) is 0 Å². The molecule has 1 nitrogen and oxygen atoms in total. The summed E-state index contributed by atoms with van der Waals surface area (Å²) in [6.45, 7) is 2.19. The summed E-state index contributed by atoms with van der Waals surface area (Å²) in [6.07, 6.45) is 6.06. The minimum atomic E-state index is 1.00. The largest absolute Gasteiger partial charge is 0.370 e. The lowest BCUT2D eigenvalue weighted by molar-refractivity contribution is 0.491. The number of hydrogen-bond donors (Lipinski definition) is 0. The van der Waals surface area contributed by atoms with Crippen LogP contribution in [0.15, 0.2) is 28.0 Å². The molecule has 1 aliphatic rings. The van der Waals surface area contributed by atoms with Crippen molar-refractivity contribution >= 4 is 11.3 Å². The molecule has 0 spiro atoms. The van der Waals surface area contributed by atoms with Gasteiger partial charge in [-0.25, -0.2) is 4.42 Å². The molecule has 17 heavy (non-hydrogen) atoms. The van der Waals surface area contributed by atoms with Crippen LogP contribution in [0.4, 0.5) is 0 Å². The predicted octanol–water partition coefficient (Wildman–Crippen LogP) is 4.73. The molecule has 0 bridgehead atoms. The summed E-state index contributed by atoms with van der Waals surface area (Å²) in [5.41, 5.74) is 3.00. The highest BCUT2D eigenvalue weighted by Crippen LogP contribution is 2.32. The van der Waals surface area contributed by atoms with Gasteiger partial charge in [-0.05, 0) is 42.7 Å². The first-order chi connectivity index (χ1) is 8.38. The highest BCUT2D eigenvalue weighted by molar-refractivity contribution is 7.13. The first-order valence-corrected chi connectivity index (χ1v) is 7.28. The molecule has 3 rings (SSSR count). The van der Waals surface area contributed by atoms with Crippen molar-refractivity contribution in [2.75, 3.05) is 0 Å². The number of aryl methyl sites for hydroxylation is 2. The third-order valence-electron chi connectivity index (χ3n) is 3.47. The molecule has 0 atom stereocenters. The van der Waals surface area contributed by atoms with E-state index in [1.54, 1.807) is 11.3 Å². The second-order valence-corrected chi connectivity index (χ2v) is 5.52. The van der Waals surface area contributed by atoms with Crippen LogP contribution in [0.5, 0.6) is 0 Å². The van der Waals surface area contributed by atoms with Gasteiger partial charge in [0.2, 0.25) is 0 Å². The maximum Gasteiger partial charge on any atom is 0.370 e. The molecule has 0 saturated carbocycles. The highest BCUT2D eigenvalue weighted by Gasteiger charge is 2.25. The van der Waals surface area contributed by atoms with Crippen LogP contribution in [-0.4, -0.2) is 0 Å². The van der Waals surface area contributed by atoms with E-state index in [1.165, 1.54) is 47.4 Å². The number of fused-ring (bicyclic) bond motifs is 1. The minimum absolute atomic E-state index is 1.00. The Morgan fingerprint density at radius 3 is 2.94 bits per heavy atom. The molecule has 2 heteroatoms. The molecule has 0 N–H and O–H groups in total. The summed E-state index contributed by atoms with van der Waals surface area (Å²) in [4.78, 5) is 1.24. The molecule has 2 aromatic rings. The van der Waals surface area contributed by atoms with Crippen LogP contribution < -0.4 is 0 Å². The van der Waals surface area contributed by atoms with Crippen LogP contribution in [-0.2, 0) is 19.3 Å². The number of hydrogen-bond acceptors (Lipinski definition) is 1. The molecule has 88 valence electrons. The van der Waals surface area contributed by atoms with Crippen LogP contribution >= 0.6 is 11.3 Å². The van der Waals surface area contributed by atoms with Crippen LogP contribution in [0, 0.1) is 0 Å². The van der Waals surface area contributed by atoms with E-state index in [1.807, 2.05) is 0 Å². The molecule has 0 aliphatic heterocycles. The molecule has 0 fully saturated rings. The van der Waals surface area contributed by atoms with Crippen molar-refractivity contribution < 1.29 is 4.42 Å². The topological polar surface area (TPSA) is 11.3 Å². The zero-order valence-corrected chi connectivity index (χ0v) is 11.0. The average molecular weight is 245 g/mol. The Labute approximate surface area is 106 Å². The quantitative estimate of drug-likeness (QED) is 0.696. The molecule has 2 heterocycles. The van der Waals surface area contributed by atoms with E-state index in [2.05, 4.69) is 30.5 Å². The Morgan fingerprint density at radius 2 is 2.18 bits per heavy atom. The van der Waals surface area contributed by atoms with Crippen molar-refractivity contribution in [1.82, 2.24) is 0 Å². The number of thiophene rings is 1. The van der Waals surface area contributed by atoms with E-state index in [4.69, 9.17) is 4.42 Å². The summed E-state index contributed by atoms with van der Waals surface area (Å²) in [5.74, 6) is 2.25. The summed E-state index contributed by atoms with van der Waals surface area (Å²) < 4.78 is 6.08. The Bertz CT molecular complexity index is 497. The van der Waals surface area contributed by atoms with Crippen molar-refractivity contribution in [3.05, 3.63) is 40.5 Å². The molecular formula is C15H17OS+. The first-order valence-electron chi connectivity index (χ1n) is 6.40. The second kappa shape index (κ2) is 4.61. The molecule has 0 radical (unpaired) electrons. The second-order valence-electron chi connectivity index (χ2n) is 4.58. The predicted molar refractivity (Wildman–Crippen MR) is 72.4 cm³/mol. The summed E-state index contributed by atoms with van der Waals surface area (Å²) in [7, 11) is 0. The van der Waals surface area contributed by atoms with Gasteiger partial charge in [0.05, 0.1) is 12.0 Å². The first kappa shape index (κ1) is 11.0. The van der Waals surface area contributed by atoms with Gasteiger partial charge < -0.3 is 0 Å². The Hall–Kier alpha value is -1.15. The minimum Gasteiger partial charge on any atom is -0.211 e. The summed E-state index contributed by atoms with van der Waals surface area (Å²) in [5, 5.41) is 2.11. The van der Waals surface area contributed by atoms with Gasteiger partial charge >= 0.3 is 11.5 Å². The molecule has 2 aromatic heterocycles. The van der Waals surface area contributed by atoms with Gasteiger partial charge in [0.15, 0.2) is 0 Å². The molecule has 0 saturated heterocycles. The summed E-state index contributed by atoms with van der Waals surface area (Å²) >= 11 is 1.75. The standard InChI is InChI=1S/C15H17OS/c1-2-13-12-7-4-3-6-11(12)10-14(16-13)15-8-5-9-17-15/h5,8-10H,2-4,6-7H2,1H3/q+1. The van der Waals surface area contributed by atoms with Crippen LogP contribution in [0.25, 0.3) is 10.6 Å². The third-order valence-corrected chi connectivity index (χ3v) is 4.36. The monoisotopic (exact) mass is 245 g/mol. The fourth-order valence-corrected chi connectivity index (χ4v) is 3.29. The third kappa shape index (κ3) is 2.02. The van der Waals surface area contributed by atoms with Crippen molar-refractivity contribution in [2.45, 2.75) is 39.0 Å². The van der Waals surface area contributed by atoms with E-state index < -0.39 is 0 Å². The Morgan fingerprint density at radius 1 is 1.29 bits per heavy atom. The van der Waals surface area contributed by atoms with Gasteiger partial charge in [-0.2, -0.15) is 0 Å². The lowest BCUT2D eigenvalue weighted by atomic mass is 9.90. The van der Waals surface area contributed by atoms with Crippen LogP contribution in [0.3, 0.4) is 0 Å². The van der Waals surface area contributed by atoms with E-state index in [0.717, 1.165) is 12.2 Å². The molecule has 0 amide bonds. The van der Waals surface area contributed by atoms with Gasteiger partial charge in [0.25, 0.3) is 0 Å². The van der Waals surface area contributed by atoms with Gasteiger partial charge in [-0.15, -0.1) is 11.3 Å². The normalized spacial score (nSPS) is 14.6. The van der Waals surface area contributed by atoms with E-state index in [9.17, 15) is 0 Å². The van der Waals surface area contributed by atoms with Gasteiger partial charge in [0.1, 0.15) is 4.88 Å². The number of rotatable bonds is 2. The SMILES string of the molecule is CCc1[o+]c(-c2cccs2)cc2c1CCCC2. The Kier molecular flexibility index (Phi) is 2.98. The summed E-state index contributed by atoms with van der Waals surface area (Å²) in [6, 6.07) is 6.48. The van der Waals surface area contributed by atoms with Gasteiger partial charge in [-0.1, -0.05) is 13.0 Å². The van der Waals surface area contributed by atoms with E-state index >= 15 is 0 Å². The maximum atomic E-state index is 6.08. The van der Waals surface area contributed by atoms with E-state index in [0.29, 0.717) is 0 Å². The molecule has 0 aromatic carbocycles.